The van der Waals surface area contributed by atoms with Gasteiger partial charge in [-0.15, -0.1) is 11.3 Å². The molecule has 1 heterocycles. The van der Waals surface area contributed by atoms with Crippen LogP contribution in [0.4, 0.5) is 4.39 Å². The third-order valence-electron chi connectivity index (χ3n) is 3.31. The highest BCUT2D eigenvalue weighted by Gasteiger charge is 2.12. The maximum atomic E-state index is 12.9. The van der Waals surface area contributed by atoms with Gasteiger partial charge in [0.1, 0.15) is 5.82 Å². The van der Waals surface area contributed by atoms with Crippen LogP contribution >= 0.6 is 11.3 Å². The smallest absolute Gasteiger partial charge is 0.251 e. The summed E-state index contributed by atoms with van der Waals surface area (Å²) in [6, 6.07) is 11.4. The van der Waals surface area contributed by atoms with Crippen molar-refractivity contribution < 1.29 is 9.18 Å². The lowest BCUT2D eigenvalue weighted by atomic mass is 10.1. The number of carbonyl (C=O) groups is 1. The first kappa shape index (κ1) is 13.7. The minimum Gasteiger partial charge on any atom is -0.346 e. The molecule has 1 N–H and O–H groups in total. The first-order valence-electron chi connectivity index (χ1n) is 6.53. The third kappa shape index (κ3) is 2.92. The van der Waals surface area contributed by atoms with Gasteiger partial charge in [-0.2, -0.15) is 0 Å². The van der Waals surface area contributed by atoms with Crippen LogP contribution in [-0.4, -0.2) is 10.9 Å². The number of hydrogen-bond acceptors (Lipinski definition) is 3. The summed E-state index contributed by atoms with van der Waals surface area (Å²) >= 11 is 1.50. The first-order valence-corrected chi connectivity index (χ1v) is 7.41. The lowest BCUT2D eigenvalue weighted by molar-refractivity contribution is 0.0940. The molecule has 0 saturated heterocycles. The van der Waals surface area contributed by atoms with E-state index in [0.29, 0.717) is 5.56 Å². The van der Waals surface area contributed by atoms with Gasteiger partial charge in [0, 0.05) is 5.56 Å². The zero-order valence-corrected chi connectivity index (χ0v) is 12.2. The van der Waals surface area contributed by atoms with Gasteiger partial charge in [-0.1, -0.05) is 12.1 Å². The highest BCUT2D eigenvalue weighted by Crippen LogP contribution is 2.20. The minimum atomic E-state index is -0.284. The second-order valence-corrected chi connectivity index (χ2v) is 5.67. The van der Waals surface area contributed by atoms with Gasteiger partial charge in [0.05, 0.1) is 21.8 Å². The summed E-state index contributed by atoms with van der Waals surface area (Å²) in [7, 11) is 0. The van der Waals surface area contributed by atoms with Gasteiger partial charge in [-0.25, -0.2) is 9.37 Å². The lowest BCUT2D eigenvalue weighted by Gasteiger charge is -2.14. The summed E-state index contributed by atoms with van der Waals surface area (Å²) in [6.07, 6.45) is 0. The Bertz CT molecular complexity index is 782. The molecule has 21 heavy (non-hydrogen) atoms. The van der Waals surface area contributed by atoms with Crippen LogP contribution in [0.25, 0.3) is 10.2 Å². The molecule has 1 amide bonds. The van der Waals surface area contributed by atoms with E-state index in [1.165, 1.54) is 23.5 Å². The highest BCUT2D eigenvalue weighted by molar-refractivity contribution is 7.16. The molecule has 0 aliphatic carbocycles. The largest absolute Gasteiger partial charge is 0.346 e. The quantitative estimate of drug-likeness (QED) is 0.796. The van der Waals surface area contributed by atoms with E-state index in [0.717, 1.165) is 15.8 Å². The van der Waals surface area contributed by atoms with Gasteiger partial charge < -0.3 is 5.32 Å². The molecular formula is C16H13FN2OS. The number of thiazole rings is 1. The molecule has 3 nitrogen and oxygen atoms in total. The van der Waals surface area contributed by atoms with Crippen molar-refractivity contribution in [3.05, 3.63) is 64.9 Å². The fourth-order valence-corrected chi connectivity index (χ4v) is 2.83. The van der Waals surface area contributed by atoms with Gasteiger partial charge in [-0.3, -0.25) is 4.79 Å². The Balaban J connectivity index is 1.77. The standard InChI is InChI=1S/C16H13FN2OS/c1-10(11-2-5-13(17)6-3-11)19-16(20)12-4-7-14-15(8-12)21-9-18-14/h2-10H,1H3,(H,19,20)/t10-/m1/s1. The SMILES string of the molecule is C[C@@H](NC(=O)c1ccc2ncsc2c1)c1ccc(F)cc1. The molecule has 5 heteroatoms. The molecular weight excluding hydrogens is 287 g/mol. The van der Waals surface area contributed by atoms with Crippen molar-refractivity contribution in [1.29, 1.82) is 0 Å². The first-order chi connectivity index (χ1) is 10.1. The van der Waals surface area contributed by atoms with Crippen LogP contribution in [-0.2, 0) is 0 Å². The molecule has 0 bridgehead atoms. The summed E-state index contributed by atoms with van der Waals surface area (Å²) in [5.74, 6) is -0.435. The van der Waals surface area contributed by atoms with Crippen LogP contribution in [0, 0.1) is 5.82 Å². The fourth-order valence-electron chi connectivity index (χ4n) is 2.11. The van der Waals surface area contributed by atoms with E-state index in [1.54, 1.807) is 23.7 Å². The predicted octanol–water partition coefficient (Wildman–Crippen LogP) is 3.93. The molecule has 0 spiro atoms. The number of nitrogens with one attached hydrogen (secondary N) is 1. The molecule has 0 aliphatic rings. The average Bonchev–Trinajstić information content (AvgIpc) is 2.95. The lowest BCUT2D eigenvalue weighted by Crippen LogP contribution is -2.26. The topological polar surface area (TPSA) is 42.0 Å². The molecule has 2 aromatic carbocycles. The second-order valence-electron chi connectivity index (χ2n) is 4.78. The molecule has 0 saturated carbocycles. The number of hydrogen-bond donors (Lipinski definition) is 1. The Hall–Kier alpha value is -2.27. The van der Waals surface area contributed by atoms with E-state index in [1.807, 2.05) is 19.1 Å². The van der Waals surface area contributed by atoms with Gasteiger partial charge in [-0.05, 0) is 42.8 Å². The number of benzene rings is 2. The highest BCUT2D eigenvalue weighted by atomic mass is 32.1. The van der Waals surface area contributed by atoms with Gasteiger partial charge in [0.2, 0.25) is 0 Å². The maximum Gasteiger partial charge on any atom is 0.251 e. The number of rotatable bonds is 3. The monoisotopic (exact) mass is 300 g/mol. The summed E-state index contributed by atoms with van der Waals surface area (Å²) in [4.78, 5) is 16.4. The number of halogens is 1. The fraction of sp³-hybridized carbons (Fsp3) is 0.125. The summed E-state index contributed by atoms with van der Waals surface area (Å²) in [5, 5.41) is 2.91. The van der Waals surface area contributed by atoms with E-state index in [-0.39, 0.29) is 17.8 Å². The van der Waals surface area contributed by atoms with Crippen LogP contribution in [0.15, 0.2) is 48.0 Å². The second kappa shape index (κ2) is 5.61. The van der Waals surface area contributed by atoms with E-state index in [4.69, 9.17) is 0 Å². The van der Waals surface area contributed by atoms with Crippen LogP contribution in [0.1, 0.15) is 28.9 Å². The average molecular weight is 300 g/mol. The maximum absolute atomic E-state index is 12.9. The normalized spacial score (nSPS) is 12.3. The van der Waals surface area contributed by atoms with Crippen molar-refractivity contribution in [3.8, 4) is 0 Å². The van der Waals surface area contributed by atoms with Crippen molar-refractivity contribution in [2.75, 3.05) is 0 Å². The zero-order chi connectivity index (χ0) is 14.8. The molecule has 0 unspecified atom stereocenters. The van der Waals surface area contributed by atoms with Crippen molar-refractivity contribution in [3.63, 3.8) is 0 Å². The van der Waals surface area contributed by atoms with Crippen molar-refractivity contribution in [1.82, 2.24) is 10.3 Å². The van der Waals surface area contributed by atoms with Gasteiger partial charge in [0.25, 0.3) is 5.91 Å². The molecule has 0 aliphatic heterocycles. The summed E-state index contributed by atoms with van der Waals surface area (Å²) in [6.45, 7) is 1.87. The third-order valence-corrected chi connectivity index (χ3v) is 4.10. The predicted molar refractivity (Wildman–Crippen MR) is 81.9 cm³/mol. The van der Waals surface area contributed by atoms with Crippen LogP contribution < -0.4 is 5.32 Å². The van der Waals surface area contributed by atoms with Crippen LogP contribution in [0.5, 0.6) is 0 Å². The minimum absolute atomic E-state index is 0.151. The van der Waals surface area contributed by atoms with Crippen LogP contribution in [0.3, 0.4) is 0 Å². The molecule has 0 radical (unpaired) electrons. The van der Waals surface area contributed by atoms with E-state index < -0.39 is 0 Å². The number of amides is 1. The molecule has 3 aromatic rings. The Morgan fingerprint density at radius 3 is 2.76 bits per heavy atom. The molecule has 106 valence electrons. The van der Waals surface area contributed by atoms with E-state index in [9.17, 15) is 9.18 Å². The Morgan fingerprint density at radius 2 is 2.00 bits per heavy atom. The Morgan fingerprint density at radius 1 is 1.24 bits per heavy atom. The molecule has 1 aromatic heterocycles. The number of fused-ring (bicyclic) bond motifs is 1. The summed E-state index contributed by atoms with van der Waals surface area (Å²) in [5.41, 5.74) is 4.11. The Kier molecular flexibility index (Phi) is 3.66. The van der Waals surface area contributed by atoms with Gasteiger partial charge >= 0.3 is 0 Å². The molecule has 0 fully saturated rings. The van der Waals surface area contributed by atoms with Crippen molar-refractivity contribution in [2.45, 2.75) is 13.0 Å². The van der Waals surface area contributed by atoms with Gasteiger partial charge in [0.15, 0.2) is 0 Å². The number of carbonyl (C=O) groups excluding carboxylic acids is 1. The van der Waals surface area contributed by atoms with Crippen LogP contribution in [0.2, 0.25) is 0 Å². The summed E-state index contributed by atoms with van der Waals surface area (Å²) < 4.78 is 13.9. The molecule has 1 atom stereocenters. The van der Waals surface area contributed by atoms with E-state index >= 15 is 0 Å². The molecule has 3 rings (SSSR count). The van der Waals surface area contributed by atoms with Crippen molar-refractivity contribution >= 4 is 27.5 Å². The van der Waals surface area contributed by atoms with E-state index in [2.05, 4.69) is 10.3 Å². The zero-order valence-electron chi connectivity index (χ0n) is 11.3. The Labute approximate surface area is 125 Å². The number of nitrogens with zero attached hydrogens (tertiary/aromatic N) is 1. The van der Waals surface area contributed by atoms with Crippen molar-refractivity contribution in [2.24, 2.45) is 0 Å². The number of aromatic nitrogens is 1.